The molecule has 1 unspecified atom stereocenters. The van der Waals surface area contributed by atoms with E-state index in [1.54, 1.807) is 0 Å². The summed E-state index contributed by atoms with van der Waals surface area (Å²) in [6.07, 6.45) is 5.95. The minimum absolute atomic E-state index is 0.0451. The number of carbonyl (C=O) groups is 1. The van der Waals surface area contributed by atoms with Crippen LogP contribution in [0, 0.1) is 0 Å². The van der Waals surface area contributed by atoms with Crippen LogP contribution in [-0.2, 0) is 14.3 Å². The lowest BCUT2D eigenvalue weighted by Crippen LogP contribution is -2.23. The van der Waals surface area contributed by atoms with Crippen molar-refractivity contribution >= 4 is 16.0 Å². The minimum atomic E-state index is -0.763. The molecule has 0 heterocycles. The van der Waals surface area contributed by atoms with Gasteiger partial charge in [0, 0.05) is 12.7 Å². The van der Waals surface area contributed by atoms with Crippen molar-refractivity contribution in [2.45, 2.75) is 19.4 Å². The summed E-state index contributed by atoms with van der Waals surface area (Å²) < 4.78 is 10.0. The van der Waals surface area contributed by atoms with Crippen molar-refractivity contribution in [1.29, 1.82) is 0 Å². The van der Waals surface area contributed by atoms with Gasteiger partial charge in [-0.15, -0.1) is 0 Å². The second-order valence-electron chi connectivity index (χ2n) is 4.68. The summed E-state index contributed by atoms with van der Waals surface area (Å²) in [5, 5.41) is 9.47. The quantitative estimate of drug-likeness (QED) is 0.374. The fraction of sp³-hybridized carbons (Fsp3) is 0.769. The number of hydrogen-bond donors (Lipinski definition) is 1. The maximum atomic E-state index is 10.7. The van der Waals surface area contributed by atoms with E-state index in [-0.39, 0.29) is 13.2 Å². The standard InChI is InChI=1S/C13H26O4S/c1-5-13(15)17-11-12(14)10-16-8-7-9-18(3,4)6-2/h5,12,14H,1,6-11H2,2-4H3. The highest BCUT2D eigenvalue weighted by Gasteiger charge is 2.09. The van der Waals surface area contributed by atoms with Crippen molar-refractivity contribution in [3.63, 3.8) is 0 Å². The first kappa shape index (κ1) is 17.5. The summed E-state index contributed by atoms with van der Waals surface area (Å²) in [7, 11) is -0.468. The number of hydrogen-bond acceptors (Lipinski definition) is 4. The monoisotopic (exact) mass is 278 g/mol. The van der Waals surface area contributed by atoms with Crippen molar-refractivity contribution in [2.24, 2.45) is 0 Å². The number of ether oxygens (including phenoxy) is 2. The fourth-order valence-electron chi connectivity index (χ4n) is 1.20. The molecule has 0 radical (unpaired) electrons. The topological polar surface area (TPSA) is 55.8 Å². The van der Waals surface area contributed by atoms with Gasteiger partial charge in [-0.2, -0.15) is 0 Å². The second kappa shape index (κ2) is 9.42. The zero-order valence-electron chi connectivity index (χ0n) is 11.7. The molecule has 0 fully saturated rings. The first-order chi connectivity index (χ1) is 8.41. The molecule has 0 aliphatic rings. The molecule has 0 rings (SSSR count). The summed E-state index contributed by atoms with van der Waals surface area (Å²) in [5.74, 6) is 1.89. The van der Waals surface area contributed by atoms with Crippen LogP contribution in [0.15, 0.2) is 12.7 Å². The van der Waals surface area contributed by atoms with E-state index in [9.17, 15) is 9.90 Å². The molecule has 0 saturated heterocycles. The van der Waals surface area contributed by atoms with Crippen LogP contribution in [0.5, 0.6) is 0 Å². The van der Waals surface area contributed by atoms with Crippen LogP contribution in [-0.4, -0.2) is 61.0 Å². The maximum Gasteiger partial charge on any atom is 0.330 e. The molecule has 4 nitrogen and oxygen atoms in total. The summed E-state index contributed by atoms with van der Waals surface area (Å²) >= 11 is 0. The molecule has 0 aromatic rings. The molecule has 0 amide bonds. The Labute approximate surface area is 112 Å². The Hall–Kier alpha value is -0.520. The van der Waals surface area contributed by atoms with Crippen molar-refractivity contribution in [1.82, 2.24) is 0 Å². The van der Waals surface area contributed by atoms with Gasteiger partial charge in [-0.1, -0.05) is 13.5 Å². The highest BCUT2D eigenvalue weighted by Crippen LogP contribution is 2.39. The Morgan fingerprint density at radius 3 is 2.67 bits per heavy atom. The van der Waals surface area contributed by atoms with Crippen LogP contribution < -0.4 is 0 Å². The van der Waals surface area contributed by atoms with Crippen LogP contribution in [0.25, 0.3) is 0 Å². The number of rotatable bonds is 10. The fourth-order valence-corrected chi connectivity index (χ4v) is 2.39. The number of aliphatic hydroxyl groups excluding tert-OH is 1. The first-order valence-electron chi connectivity index (χ1n) is 6.15. The van der Waals surface area contributed by atoms with Gasteiger partial charge in [-0.3, -0.25) is 0 Å². The van der Waals surface area contributed by atoms with Crippen LogP contribution in [0.1, 0.15) is 13.3 Å². The third-order valence-corrected chi connectivity index (χ3v) is 5.62. The highest BCUT2D eigenvalue weighted by atomic mass is 32.3. The van der Waals surface area contributed by atoms with Crippen molar-refractivity contribution in [3.8, 4) is 0 Å². The summed E-state index contributed by atoms with van der Waals surface area (Å²) in [6, 6.07) is 0. The van der Waals surface area contributed by atoms with Gasteiger partial charge in [0.25, 0.3) is 0 Å². The average molecular weight is 278 g/mol. The van der Waals surface area contributed by atoms with Gasteiger partial charge < -0.3 is 14.6 Å². The maximum absolute atomic E-state index is 10.7. The SMILES string of the molecule is C=CC(=O)OCC(O)COCCCS(C)(C)CC. The molecule has 0 spiro atoms. The van der Waals surface area contributed by atoms with Gasteiger partial charge in [0.2, 0.25) is 0 Å². The number of aliphatic hydroxyl groups is 1. The number of esters is 1. The zero-order chi connectivity index (χ0) is 14.0. The Morgan fingerprint density at radius 1 is 1.44 bits per heavy atom. The molecular formula is C13H26O4S. The Kier molecular flexibility index (Phi) is 9.14. The Bertz CT molecular complexity index is 253. The average Bonchev–Trinajstić information content (AvgIpc) is 2.35. The van der Waals surface area contributed by atoms with E-state index in [0.29, 0.717) is 6.61 Å². The molecule has 0 bridgehead atoms. The van der Waals surface area contributed by atoms with Gasteiger partial charge in [0.1, 0.15) is 12.7 Å². The van der Waals surface area contributed by atoms with Crippen molar-refractivity contribution in [2.75, 3.05) is 43.8 Å². The molecule has 0 aromatic carbocycles. The molecule has 1 atom stereocenters. The van der Waals surface area contributed by atoms with E-state index in [0.717, 1.165) is 12.5 Å². The van der Waals surface area contributed by atoms with E-state index >= 15 is 0 Å². The molecule has 0 saturated carbocycles. The molecule has 1 N–H and O–H groups in total. The van der Waals surface area contributed by atoms with Gasteiger partial charge >= 0.3 is 5.97 Å². The molecule has 0 aliphatic carbocycles. The first-order valence-corrected chi connectivity index (χ1v) is 8.93. The lowest BCUT2D eigenvalue weighted by molar-refractivity contribution is -0.141. The van der Waals surface area contributed by atoms with Crippen LogP contribution in [0.2, 0.25) is 0 Å². The van der Waals surface area contributed by atoms with Crippen LogP contribution in [0.3, 0.4) is 0 Å². The Morgan fingerprint density at radius 2 is 2.11 bits per heavy atom. The summed E-state index contributed by atoms with van der Waals surface area (Å²) in [5.41, 5.74) is 0. The van der Waals surface area contributed by atoms with E-state index in [1.807, 2.05) is 0 Å². The Balaban J connectivity index is 3.49. The normalized spacial score (nSPS) is 14.0. The molecule has 0 aliphatic heterocycles. The van der Waals surface area contributed by atoms with E-state index < -0.39 is 22.1 Å². The van der Waals surface area contributed by atoms with E-state index in [4.69, 9.17) is 9.47 Å². The molecule has 18 heavy (non-hydrogen) atoms. The molecular weight excluding hydrogens is 252 g/mol. The third-order valence-electron chi connectivity index (χ3n) is 2.66. The van der Waals surface area contributed by atoms with Crippen LogP contribution in [0.4, 0.5) is 0 Å². The number of carbonyl (C=O) groups excluding carboxylic acids is 1. The smallest absolute Gasteiger partial charge is 0.330 e. The largest absolute Gasteiger partial charge is 0.460 e. The van der Waals surface area contributed by atoms with E-state index in [2.05, 4.69) is 26.0 Å². The minimum Gasteiger partial charge on any atom is -0.460 e. The van der Waals surface area contributed by atoms with Gasteiger partial charge in [-0.25, -0.2) is 14.8 Å². The summed E-state index contributed by atoms with van der Waals surface area (Å²) in [6.45, 7) is 6.28. The van der Waals surface area contributed by atoms with Crippen molar-refractivity contribution in [3.05, 3.63) is 12.7 Å². The van der Waals surface area contributed by atoms with Crippen molar-refractivity contribution < 1.29 is 19.4 Å². The van der Waals surface area contributed by atoms with E-state index in [1.165, 1.54) is 11.5 Å². The zero-order valence-corrected chi connectivity index (χ0v) is 12.5. The highest BCUT2D eigenvalue weighted by molar-refractivity contribution is 8.32. The molecule has 108 valence electrons. The lowest BCUT2D eigenvalue weighted by Gasteiger charge is -2.29. The van der Waals surface area contributed by atoms with Gasteiger partial charge in [-0.05, 0) is 30.4 Å². The third kappa shape index (κ3) is 9.50. The van der Waals surface area contributed by atoms with Gasteiger partial charge in [0.05, 0.1) is 6.61 Å². The molecule has 0 aromatic heterocycles. The predicted molar refractivity (Wildman–Crippen MR) is 77.4 cm³/mol. The lowest BCUT2D eigenvalue weighted by atomic mass is 10.4. The predicted octanol–water partition coefficient (Wildman–Crippen LogP) is 1.57. The van der Waals surface area contributed by atoms with Gasteiger partial charge in [0.15, 0.2) is 0 Å². The molecule has 5 heteroatoms. The summed E-state index contributed by atoms with van der Waals surface area (Å²) in [4.78, 5) is 10.7. The second-order valence-corrected chi connectivity index (χ2v) is 9.20. The van der Waals surface area contributed by atoms with Crippen LogP contribution >= 0.6 is 10.0 Å².